The van der Waals surface area contributed by atoms with Crippen molar-refractivity contribution in [1.82, 2.24) is 25.0 Å². The quantitative estimate of drug-likeness (QED) is 0.302. The van der Waals surface area contributed by atoms with E-state index in [-0.39, 0.29) is 22.7 Å². The number of aromatic nitrogens is 5. The highest BCUT2D eigenvalue weighted by Crippen LogP contribution is 2.37. The van der Waals surface area contributed by atoms with Gasteiger partial charge in [0.15, 0.2) is 0 Å². The first-order chi connectivity index (χ1) is 17.6. The summed E-state index contributed by atoms with van der Waals surface area (Å²) in [6.07, 6.45) is 6.46. The van der Waals surface area contributed by atoms with Gasteiger partial charge in [-0.05, 0) is 36.5 Å². The van der Waals surface area contributed by atoms with Crippen LogP contribution in [0.4, 0.5) is 15.8 Å². The number of fused-ring (bicyclic) bond motifs is 1. The summed E-state index contributed by atoms with van der Waals surface area (Å²) in [6, 6.07) is 7.01. The van der Waals surface area contributed by atoms with Crippen molar-refractivity contribution in [2.45, 2.75) is 45.7 Å². The van der Waals surface area contributed by atoms with Gasteiger partial charge < -0.3 is 10.6 Å². The van der Waals surface area contributed by atoms with E-state index in [1.54, 1.807) is 29.1 Å². The first kappa shape index (κ1) is 22.7. The standard InChI is InChI=1S/C26H26ClFN8/c1-26(2,3)14-32-22-15(11-29)12-31-23-19(22)9-16(10-20(23)27)33-24(18-5-4-8-30-25(18)28)21-13-36(35-34-21)17-6-7-17/h4-5,8-10,12-13,17,24,33H,6-7,14H2,1-3H3,(H,31,32)/i24D. The second-order valence-electron chi connectivity index (χ2n) is 10.1. The van der Waals surface area contributed by atoms with Gasteiger partial charge in [0.2, 0.25) is 5.95 Å². The van der Waals surface area contributed by atoms with Crippen LogP contribution < -0.4 is 10.6 Å². The average molecular weight is 506 g/mol. The van der Waals surface area contributed by atoms with Gasteiger partial charge in [-0.3, -0.25) is 4.98 Å². The van der Waals surface area contributed by atoms with Crippen LogP contribution in [-0.4, -0.2) is 31.5 Å². The molecule has 1 fully saturated rings. The van der Waals surface area contributed by atoms with Crippen molar-refractivity contribution >= 4 is 33.9 Å². The summed E-state index contributed by atoms with van der Waals surface area (Å²) in [5.74, 6) is -0.793. The molecule has 1 aliphatic rings. The normalized spacial score (nSPS) is 15.7. The van der Waals surface area contributed by atoms with Crippen LogP contribution in [0.25, 0.3) is 10.9 Å². The Labute approximate surface area is 214 Å². The van der Waals surface area contributed by atoms with E-state index in [1.807, 2.05) is 0 Å². The molecule has 0 amide bonds. The van der Waals surface area contributed by atoms with Gasteiger partial charge in [-0.1, -0.05) is 43.7 Å². The number of nitrogens with zero attached hydrogens (tertiary/aromatic N) is 6. The molecule has 3 heterocycles. The minimum absolute atomic E-state index is 0.0101. The fourth-order valence-electron chi connectivity index (χ4n) is 3.86. The summed E-state index contributed by atoms with van der Waals surface area (Å²) in [5.41, 5.74) is 2.05. The van der Waals surface area contributed by atoms with Crippen LogP contribution in [0.1, 0.15) is 63.9 Å². The minimum Gasteiger partial charge on any atom is -0.383 e. The monoisotopic (exact) mass is 505 g/mol. The third kappa shape index (κ3) is 4.95. The fourth-order valence-corrected chi connectivity index (χ4v) is 4.12. The Balaban J connectivity index is 1.64. The Morgan fingerprint density at radius 2 is 2.14 bits per heavy atom. The van der Waals surface area contributed by atoms with Crippen molar-refractivity contribution in [2.24, 2.45) is 5.41 Å². The second kappa shape index (κ2) is 9.36. The highest BCUT2D eigenvalue weighted by atomic mass is 35.5. The van der Waals surface area contributed by atoms with Gasteiger partial charge >= 0.3 is 0 Å². The maximum absolute atomic E-state index is 15.0. The van der Waals surface area contributed by atoms with Crippen LogP contribution in [0.2, 0.25) is 5.02 Å². The minimum atomic E-state index is -1.86. The molecule has 184 valence electrons. The number of benzene rings is 1. The molecule has 1 atom stereocenters. The molecule has 10 heteroatoms. The van der Waals surface area contributed by atoms with Crippen LogP contribution in [0.3, 0.4) is 0 Å². The molecule has 0 saturated heterocycles. The van der Waals surface area contributed by atoms with Crippen molar-refractivity contribution < 1.29 is 5.76 Å². The summed E-state index contributed by atoms with van der Waals surface area (Å²) in [7, 11) is 0. The van der Waals surface area contributed by atoms with Gasteiger partial charge in [-0.2, -0.15) is 9.65 Å². The van der Waals surface area contributed by atoms with Crippen LogP contribution in [0.5, 0.6) is 0 Å². The van der Waals surface area contributed by atoms with Gasteiger partial charge in [-0.15, -0.1) is 5.10 Å². The van der Waals surface area contributed by atoms with Crippen molar-refractivity contribution in [1.29, 1.82) is 5.26 Å². The number of hydrogen-bond donors (Lipinski definition) is 2. The zero-order valence-corrected chi connectivity index (χ0v) is 20.9. The molecule has 5 rings (SSSR count). The highest BCUT2D eigenvalue weighted by Gasteiger charge is 2.28. The number of nitrogens with one attached hydrogen (secondary N) is 2. The number of hydrogen-bond acceptors (Lipinski definition) is 7. The highest BCUT2D eigenvalue weighted by molar-refractivity contribution is 6.35. The zero-order valence-electron chi connectivity index (χ0n) is 21.2. The van der Waals surface area contributed by atoms with Crippen molar-refractivity contribution in [3.63, 3.8) is 0 Å². The predicted octanol–water partition coefficient (Wildman–Crippen LogP) is 5.88. The van der Waals surface area contributed by atoms with Crippen LogP contribution in [0.15, 0.2) is 42.9 Å². The molecule has 8 nitrogen and oxygen atoms in total. The van der Waals surface area contributed by atoms with E-state index >= 15 is 0 Å². The smallest absolute Gasteiger partial charge is 0.218 e. The molecule has 1 aromatic carbocycles. The molecular formula is C26H26ClFN8. The second-order valence-corrected chi connectivity index (χ2v) is 10.5. The third-order valence-corrected chi connectivity index (χ3v) is 6.11. The van der Waals surface area contributed by atoms with E-state index in [0.717, 1.165) is 12.8 Å². The van der Waals surface area contributed by atoms with E-state index in [1.165, 1.54) is 18.5 Å². The maximum Gasteiger partial charge on any atom is 0.218 e. The molecule has 2 N–H and O–H groups in total. The molecule has 4 aromatic rings. The van der Waals surface area contributed by atoms with Crippen molar-refractivity contribution in [3.05, 3.63) is 70.6 Å². The maximum atomic E-state index is 15.0. The van der Waals surface area contributed by atoms with Crippen LogP contribution in [-0.2, 0) is 0 Å². The largest absolute Gasteiger partial charge is 0.383 e. The fraction of sp³-hybridized carbons (Fsp3) is 0.346. The summed E-state index contributed by atoms with van der Waals surface area (Å²) >= 11 is 6.63. The van der Waals surface area contributed by atoms with Crippen molar-refractivity contribution in [2.75, 3.05) is 17.2 Å². The summed E-state index contributed by atoms with van der Waals surface area (Å²) in [4.78, 5) is 8.14. The number of anilines is 2. The van der Waals surface area contributed by atoms with E-state index in [4.69, 9.17) is 11.6 Å². The van der Waals surface area contributed by atoms with Crippen LogP contribution >= 0.6 is 11.6 Å². The molecule has 0 spiro atoms. The summed E-state index contributed by atoms with van der Waals surface area (Å²) < 4.78 is 26.1. The van der Waals surface area contributed by atoms with E-state index < -0.39 is 12.0 Å². The van der Waals surface area contributed by atoms with E-state index in [2.05, 4.69) is 57.8 Å². The number of pyridine rings is 2. The Kier molecular flexibility index (Phi) is 5.89. The van der Waals surface area contributed by atoms with E-state index in [9.17, 15) is 11.0 Å². The molecule has 0 radical (unpaired) electrons. The van der Waals surface area contributed by atoms with Gasteiger partial charge in [0, 0.05) is 35.6 Å². The molecule has 36 heavy (non-hydrogen) atoms. The van der Waals surface area contributed by atoms with Gasteiger partial charge in [0.1, 0.15) is 17.8 Å². The molecule has 0 bridgehead atoms. The number of nitriles is 1. The molecule has 0 aliphatic heterocycles. The van der Waals surface area contributed by atoms with Gasteiger partial charge in [-0.25, -0.2) is 9.67 Å². The molecule has 1 unspecified atom stereocenters. The number of halogens is 2. The molecule has 1 aliphatic carbocycles. The Morgan fingerprint density at radius 3 is 2.83 bits per heavy atom. The topological polar surface area (TPSA) is 104 Å². The molecule has 1 saturated carbocycles. The Bertz CT molecular complexity index is 1520. The van der Waals surface area contributed by atoms with Gasteiger partial charge in [0.25, 0.3) is 0 Å². The Hall–Kier alpha value is -3.77. The predicted molar refractivity (Wildman–Crippen MR) is 137 cm³/mol. The summed E-state index contributed by atoms with van der Waals surface area (Å²) in [5, 5.41) is 25.5. The number of rotatable bonds is 7. The summed E-state index contributed by atoms with van der Waals surface area (Å²) in [6.45, 7) is 6.85. The Morgan fingerprint density at radius 1 is 1.33 bits per heavy atom. The lowest BCUT2D eigenvalue weighted by Crippen LogP contribution is -2.20. The average Bonchev–Trinajstić information content (AvgIpc) is 3.57. The van der Waals surface area contributed by atoms with E-state index in [0.29, 0.717) is 39.4 Å². The molecular weight excluding hydrogens is 479 g/mol. The van der Waals surface area contributed by atoms with Crippen molar-refractivity contribution in [3.8, 4) is 6.07 Å². The van der Waals surface area contributed by atoms with Crippen LogP contribution in [0, 0.1) is 22.7 Å². The lowest BCUT2D eigenvalue weighted by atomic mass is 9.96. The zero-order chi connectivity index (χ0) is 26.4. The molecule has 3 aromatic heterocycles. The first-order valence-corrected chi connectivity index (χ1v) is 12.0. The SMILES string of the molecule is [2H]C(Nc1cc(Cl)c2ncc(C#N)c(NCC(C)(C)C)c2c1)(c1cn(C2CC2)nn1)c1cccnc1F. The lowest BCUT2D eigenvalue weighted by molar-refractivity contribution is 0.443. The first-order valence-electron chi connectivity index (χ1n) is 12.2. The third-order valence-electron chi connectivity index (χ3n) is 5.83. The lowest BCUT2D eigenvalue weighted by Gasteiger charge is -2.22. The van der Waals surface area contributed by atoms with Gasteiger partial charge in [0.05, 0.1) is 35.4 Å².